The van der Waals surface area contributed by atoms with Gasteiger partial charge in [0.2, 0.25) is 0 Å². The van der Waals surface area contributed by atoms with E-state index in [1.807, 2.05) is 27.7 Å². The maximum absolute atomic E-state index is 12.0. The van der Waals surface area contributed by atoms with Crippen LogP contribution in [0.15, 0.2) is 0 Å². The van der Waals surface area contributed by atoms with E-state index in [0.29, 0.717) is 26.3 Å². The number of nitrogens with zero attached hydrogens (tertiary/aromatic N) is 1. The molecule has 1 amide bonds. The molecule has 2 heterocycles. The lowest BCUT2D eigenvalue weighted by Crippen LogP contribution is -2.36. The number of carbonyl (C=O) groups is 1. The molecule has 6 heteroatoms. The first-order valence-corrected chi connectivity index (χ1v) is 9.15. The fraction of sp³-hybridized carbons (Fsp3) is 0.944. The maximum Gasteiger partial charge on any atom is 0.410 e. The van der Waals surface area contributed by atoms with Crippen molar-refractivity contribution in [1.29, 1.82) is 0 Å². The second kappa shape index (κ2) is 8.50. The van der Waals surface area contributed by atoms with Gasteiger partial charge in [0.05, 0.1) is 25.9 Å². The van der Waals surface area contributed by atoms with Gasteiger partial charge >= 0.3 is 6.09 Å². The van der Waals surface area contributed by atoms with Crippen molar-refractivity contribution < 1.29 is 23.7 Å². The molecule has 0 unspecified atom stereocenters. The third-order valence-corrected chi connectivity index (χ3v) is 4.32. The van der Waals surface area contributed by atoms with E-state index in [1.54, 1.807) is 4.90 Å². The SMILES string of the molecule is CC(C)(C)OC(=O)N1CC[C@@H](OCCCCCC2(C)OCCO2)C1. The van der Waals surface area contributed by atoms with Crippen LogP contribution in [0.4, 0.5) is 4.79 Å². The van der Waals surface area contributed by atoms with Gasteiger partial charge in [-0.3, -0.25) is 0 Å². The number of hydrogen-bond donors (Lipinski definition) is 0. The van der Waals surface area contributed by atoms with Crippen molar-refractivity contribution >= 4 is 6.09 Å². The lowest BCUT2D eigenvalue weighted by Gasteiger charge is -2.24. The molecule has 0 saturated carbocycles. The van der Waals surface area contributed by atoms with Crippen LogP contribution in [0.5, 0.6) is 0 Å². The van der Waals surface area contributed by atoms with E-state index in [2.05, 4.69) is 0 Å². The maximum atomic E-state index is 12.0. The molecule has 1 atom stereocenters. The van der Waals surface area contributed by atoms with E-state index in [0.717, 1.165) is 38.7 Å². The average molecular weight is 343 g/mol. The van der Waals surface area contributed by atoms with Gasteiger partial charge in [-0.1, -0.05) is 6.42 Å². The molecule has 6 nitrogen and oxygen atoms in total. The quantitative estimate of drug-likeness (QED) is 0.664. The summed E-state index contributed by atoms with van der Waals surface area (Å²) in [4.78, 5) is 13.7. The number of amides is 1. The van der Waals surface area contributed by atoms with Crippen LogP contribution in [0.25, 0.3) is 0 Å². The van der Waals surface area contributed by atoms with Crippen molar-refractivity contribution in [1.82, 2.24) is 4.90 Å². The van der Waals surface area contributed by atoms with Crippen molar-refractivity contribution in [2.45, 2.75) is 77.3 Å². The first kappa shape index (κ1) is 19.5. The topological polar surface area (TPSA) is 57.2 Å². The molecule has 0 spiro atoms. The van der Waals surface area contributed by atoms with Gasteiger partial charge in [-0.2, -0.15) is 0 Å². The van der Waals surface area contributed by atoms with E-state index in [1.165, 1.54) is 0 Å². The minimum atomic E-state index is -0.445. The molecule has 0 N–H and O–H groups in total. The van der Waals surface area contributed by atoms with Gasteiger partial charge in [-0.05, 0) is 47.0 Å². The molecule has 0 aromatic carbocycles. The average Bonchev–Trinajstić information content (AvgIpc) is 3.10. The van der Waals surface area contributed by atoms with Crippen molar-refractivity contribution in [3.05, 3.63) is 0 Å². The molecule has 0 aromatic heterocycles. The fourth-order valence-corrected chi connectivity index (χ4v) is 3.03. The Morgan fingerprint density at radius 2 is 1.92 bits per heavy atom. The van der Waals surface area contributed by atoms with Crippen LogP contribution in [-0.2, 0) is 18.9 Å². The highest BCUT2D eigenvalue weighted by Crippen LogP contribution is 2.25. The third kappa shape index (κ3) is 6.57. The molecule has 2 fully saturated rings. The van der Waals surface area contributed by atoms with E-state index < -0.39 is 5.60 Å². The first-order chi connectivity index (χ1) is 11.3. The summed E-state index contributed by atoms with van der Waals surface area (Å²) in [6, 6.07) is 0. The van der Waals surface area contributed by atoms with Crippen LogP contribution in [0.3, 0.4) is 0 Å². The van der Waals surface area contributed by atoms with E-state index in [4.69, 9.17) is 18.9 Å². The minimum absolute atomic E-state index is 0.136. The van der Waals surface area contributed by atoms with E-state index in [9.17, 15) is 4.79 Å². The summed E-state index contributed by atoms with van der Waals surface area (Å²) in [5.74, 6) is -0.375. The van der Waals surface area contributed by atoms with Crippen LogP contribution in [0.1, 0.15) is 59.8 Å². The van der Waals surface area contributed by atoms with Crippen molar-refractivity contribution in [3.8, 4) is 0 Å². The van der Waals surface area contributed by atoms with Crippen LogP contribution in [-0.4, -0.2) is 61.4 Å². The Morgan fingerprint density at radius 3 is 2.58 bits per heavy atom. The van der Waals surface area contributed by atoms with E-state index >= 15 is 0 Å². The monoisotopic (exact) mass is 343 g/mol. The van der Waals surface area contributed by atoms with Gasteiger partial charge in [0.15, 0.2) is 5.79 Å². The molecule has 24 heavy (non-hydrogen) atoms. The zero-order valence-corrected chi connectivity index (χ0v) is 15.6. The highest BCUT2D eigenvalue weighted by atomic mass is 16.7. The first-order valence-electron chi connectivity index (χ1n) is 9.15. The second-order valence-corrected chi connectivity index (χ2v) is 7.85. The summed E-state index contributed by atoms with van der Waals surface area (Å²) in [6.07, 6.45) is 4.93. The summed E-state index contributed by atoms with van der Waals surface area (Å²) < 4.78 is 22.5. The molecular weight excluding hydrogens is 310 g/mol. The summed E-state index contributed by atoms with van der Waals surface area (Å²) in [5.41, 5.74) is -0.445. The standard InChI is InChI=1S/C18H33NO5/c1-17(2,3)24-16(20)19-10-8-15(14-19)21-11-7-5-6-9-18(4)22-12-13-23-18/h15H,5-14H2,1-4H3/t15-/m1/s1. The molecule has 140 valence electrons. The molecule has 2 saturated heterocycles. The van der Waals surface area contributed by atoms with Crippen LogP contribution in [0, 0.1) is 0 Å². The number of ether oxygens (including phenoxy) is 4. The number of hydrogen-bond acceptors (Lipinski definition) is 5. The fourth-order valence-electron chi connectivity index (χ4n) is 3.03. The number of rotatable bonds is 7. The van der Waals surface area contributed by atoms with E-state index in [-0.39, 0.29) is 18.0 Å². The van der Waals surface area contributed by atoms with Gasteiger partial charge in [0.1, 0.15) is 5.60 Å². The lowest BCUT2D eigenvalue weighted by atomic mass is 10.1. The van der Waals surface area contributed by atoms with Crippen molar-refractivity contribution in [2.24, 2.45) is 0 Å². The van der Waals surface area contributed by atoms with Crippen LogP contribution >= 0.6 is 0 Å². The Kier molecular flexibility index (Phi) is 6.89. The molecule has 0 aliphatic carbocycles. The molecule has 2 aliphatic heterocycles. The Morgan fingerprint density at radius 1 is 1.21 bits per heavy atom. The summed E-state index contributed by atoms with van der Waals surface area (Å²) >= 11 is 0. The number of likely N-dealkylation sites (tertiary alicyclic amines) is 1. The summed E-state index contributed by atoms with van der Waals surface area (Å²) in [7, 11) is 0. The summed E-state index contributed by atoms with van der Waals surface area (Å²) in [6.45, 7) is 11.2. The van der Waals surface area contributed by atoms with Gasteiger partial charge in [-0.15, -0.1) is 0 Å². The molecule has 0 bridgehead atoms. The minimum Gasteiger partial charge on any atom is -0.444 e. The zero-order chi connectivity index (χ0) is 17.6. The molecular formula is C18H33NO5. The van der Waals surface area contributed by atoms with Crippen LogP contribution in [0.2, 0.25) is 0 Å². The predicted octanol–water partition coefficient (Wildman–Crippen LogP) is 3.34. The number of unbranched alkanes of at least 4 members (excludes halogenated alkanes) is 2. The lowest BCUT2D eigenvalue weighted by molar-refractivity contribution is -0.147. The number of carbonyl (C=O) groups excluding carboxylic acids is 1. The molecule has 2 rings (SSSR count). The third-order valence-electron chi connectivity index (χ3n) is 4.32. The normalized spacial score (nSPS) is 23.7. The molecule has 2 aliphatic rings. The second-order valence-electron chi connectivity index (χ2n) is 7.85. The Balaban J connectivity index is 1.52. The predicted molar refractivity (Wildman–Crippen MR) is 90.9 cm³/mol. The van der Waals surface area contributed by atoms with Gasteiger partial charge in [0, 0.05) is 19.6 Å². The largest absolute Gasteiger partial charge is 0.444 e. The Labute approximate surface area is 145 Å². The van der Waals surface area contributed by atoms with Crippen molar-refractivity contribution in [2.75, 3.05) is 32.9 Å². The molecule has 0 radical (unpaired) electrons. The summed E-state index contributed by atoms with van der Waals surface area (Å²) in [5, 5.41) is 0. The van der Waals surface area contributed by atoms with Crippen LogP contribution < -0.4 is 0 Å². The van der Waals surface area contributed by atoms with Crippen molar-refractivity contribution in [3.63, 3.8) is 0 Å². The zero-order valence-electron chi connectivity index (χ0n) is 15.6. The smallest absolute Gasteiger partial charge is 0.410 e. The van der Waals surface area contributed by atoms with Gasteiger partial charge in [-0.25, -0.2) is 4.79 Å². The van der Waals surface area contributed by atoms with Gasteiger partial charge in [0.25, 0.3) is 0 Å². The Bertz CT molecular complexity index is 401. The molecule has 0 aromatic rings. The van der Waals surface area contributed by atoms with Gasteiger partial charge < -0.3 is 23.8 Å². The highest BCUT2D eigenvalue weighted by Gasteiger charge is 2.31. The Hall–Kier alpha value is -0.850. The highest BCUT2D eigenvalue weighted by molar-refractivity contribution is 5.68.